The number of rotatable bonds is 11. The minimum Gasteiger partial charge on any atom is -0.497 e. The molecule has 0 fully saturated rings. The molecule has 0 spiro atoms. The SMILES string of the molecule is COCCOC(=O)OC(COc1ccccc1)COc1ccc(OC)cc1. The molecular formula is C20H24O7. The molecule has 0 heterocycles. The molecule has 2 aromatic carbocycles. The van der Waals surface area contributed by atoms with Gasteiger partial charge in [0.15, 0.2) is 6.10 Å². The lowest BCUT2D eigenvalue weighted by Crippen LogP contribution is -2.31. The van der Waals surface area contributed by atoms with Crippen LogP contribution in [0.3, 0.4) is 0 Å². The Labute approximate surface area is 158 Å². The van der Waals surface area contributed by atoms with Crippen molar-refractivity contribution in [3.63, 3.8) is 0 Å². The number of hydrogen-bond donors (Lipinski definition) is 0. The zero-order chi connectivity index (χ0) is 19.3. The number of benzene rings is 2. The van der Waals surface area contributed by atoms with Crippen LogP contribution in [0.1, 0.15) is 0 Å². The predicted molar refractivity (Wildman–Crippen MR) is 98.5 cm³/mol. The average Bonchev–Trinajstić information content (AvgIpc) is 2.71. The summed E-state index contributed by atoms with van der Waals surface area (Å²) in [6.07, 6.45) is -1.45. The van der Waals surface area contributed by atoms with Gasteiger partial charge in [-0.3, -0.25) is 0 Å². The smallest absolute Gasteiger partial charge is 0.497 e. The third-order valence-electron chi connectivity index (χ3n) is 3.44. The Kier molecular flexibility index (Phi) is 8.79. The lowest BCUT2D eigenvalue weighted by atomic mass is 10.3. The maximum absolute atomic E-state index is 11.8. The fourth-order valence-electron chi connectivity index (χ4n) is 2.06. The van der Waals surface area contributed by atoms with Gasteiger partial charge in [0, 0.05) is 7.11 Å². The molecule has 0 aliphatic carbocycles. The molecule has 0 N–H and O–H groups in total. The summed E-state index contributed by atoms with van der Waals surface area (Å²) in [4.78, 5) is 11.8. The zero-order valence-electron chi connectivity index (χ0n) is 15.5. The van der Waals surface area contributed by atoms with Crippen LogP contribution in [-0.2, 0) is 14.2 Å². The van der Waals surface area contributed by atoms with Gasteiger partial charge in [0.1, 0.15) is 37.1 Å². The minimum absolute atomic E-state index is 0.110. The third kappa shape index (κ3) is 7.87. The van der Waals surface area contributed by atoms with Crippen LogP contribution in [0, 0.1) is 0 Å². The van der Waals surface area contributed by atoms with Gasteiger partial charge in [-0.15, -0.1) is 0 Å². The van der Waals surface area contributed by atoms with Gasteiger partial charge in [0.2, 0.25) is 0 Å². The first kappa shape index (κ1) is 20.4. The predicted octanol–water partition coefficient (Wildman–Crippen LogP) is 3.32. The normalized spacial score (nSPS) is 11.3. The molecule has 0 aromatic heterocycles. The minimum atomic E-state index is -0.799. The Morgan fingerprint density at radius 2 is 1.41 bits per heavy atom. The standard InChI is InChI=1S/C20H24O7/c1-22-12-13-24-20(21)27-19(14-25-17-6-4-3-5-7-17)15-26-18-10-8-16(23-2)9-11-18/h3-11,19H,12-15H2,1-2H3. The van der Waals surface area contributed by atoms with Crippen LogP contribution in [0.15, 0.2) is 54.6 Å². The monoisotopic (exact) mass is 376 g/mol. The van der Waals surface area contributed by atoms with Crippen LogP contribution in [0.2, 0.25) is 0 Å². The van der Waals surface area contributed by atoms with E-state index in [0.29, 0.717) is 18.1 Å². The van der Waals surface area contributed by atoms with Crippen molar-refractivity contribution < 1.29 is 33.2 Å². The van der Waals surface area contributed by atoms with Gasteiger partial charge < -0.3 is 28.4 Å². The van der Waals surface area contributed by atoms with E-state index in [1.807, 2.05) is 30.3 Å². The Morgan fingerprint density at radius 1 is 0.815 bits per heavy atom. The third-order valence-corrected chi connectivity index (χ3v) is 3.44. The van der Waals surface area contributed by atoms with Crippen LogP contribution >= 0.6 is 0 Å². The van der Waals surface area contributed by atoms with E-state index < -0.39 is 12.3 Å². The largest absolute Gasteiger partial charge is 0.508 e. The van der Waals surface area contributed by atoms with E-state index in [-0.39, 0.29) is 19.8 Å². The van der Waals surface area contributed by atoms with Crippen molar-refractivity contribution in [2.75, 3.05) is 40.6 Å². The summed E-state index contributed by atoms with van der Waals surface area (Å²) in [6.45, 7) is 0.641. The first-order chi connectivity index (χ1) is 13.2. The highest BCUT2D eigenvalue weighted by molar-refractivity contribution is 5.60. The van der Waals surface area contributed by atoms with Crippen LogP contribution < -0.4 is 14.2 Å². The second-order valence-corrected chi connectivity index (χ2v) is 5.44. The fourth-order valence-corrected chi connectivity index (χ4v) is 2.06. The van der Waals surface area contributed by atoms with Gasteiger partial charge in [-0.2, -0.15) is 0 Å². The topological polar surface area (TPSA) is 72.5 Å². The molecule has 0 saturated heterocycles. The summed E-state index contributed by atoms with van der Waals surface area (Å²) in [5.41, 5.74) is 0. The van der Waals surface area contributed by atoms with Crippen molar-refractivity contribution in [2.45, 2.75) is 6.10 Å². The van der Waals surface area contributed by atoms with E-state index >= 15 is 0 Å². The van der Waals surface area contributed by atoms with Crippen molar-refractivity contribution in [1.82, 2.24) is 0 Å². The highest BCUT2D eigenvalue weighted by Crippen LogP contribution is 2.18. The number of para-hydroxylation sites is 1. The molecule has 0 aliphatic heterocycles. The maximum Gasteiger partial charge on any atom is 0.508 e. The second kappa shape index (κ2) is 11.6. The molecule has 0 radical (unpaired) electrons. The Morgan fingerprint density at radius 3 is 2.00 bits per heavy atom. The fraction of sp³-hybridized carbons (Fsp3) is 0.350. The van der Waals surface area contributed by atoms with Crippen molar-refractivity contribution >= 4 is 6.16 Å². The number of methoxy groups -OCH3 is 2. The molecule has 7 heteroatoms. The van der Waals surface area contributed by atoms with Gasteiger partial charge in [0.25, 0.3) is 0 Å². The van der Waals surface area contributed by atoms with Gasteiger partial charge >= 0.3 is 6.16 Å². The van der Waals surface area contributed by atoms with Crippen molar-refractivity contribution in [1.29, 1.82) is 0 Å². The molecule has 146 valence electrons. The molecule has 2 rings (SSSR count). The van der Waals surface area contributed by atoms with Crippen LogP contribution in [0.4, 0.5) is 4.79 Å². The van der Waals surface area contributed by atoms with Gasteiger partial charge in [0.05, 0.1) is 13.7 Å². The number of carbonyl (C=O) groups excluding carboxylic acids is 1. The van der Waals surface area contributed by atoms with E-state index in [9.17, 15) is 4.79 Å². The van der Waals surface area contributed by atoms with Crippen LogP contribution in [0.25, 0.3) is 0 Å². The van der Waals surface area contributed by atoms with Gasteiger partial charge in [-0.1, -0.05) is 18.2 Å². The van der Waals surface area contributed by atoms with Crippen molar-refractivity contribution in [2.24, 2.45) is 0 Å². The molecule has 0 bridgehead atoms. The van der Waals surface area contributed by atoms with E-state index in [1.165, 1.54) is 7.11 Å². The summed E-state index contributed by atoms with van der Waals surface area (Å²) in [6, 6.07) is 16.3. The lowest BCUT2D eigenvalue weighted by Gasteiger charge is -2.19. The molecule has 2 aromatic rings. The Balaban J connectivity index is 1.89. The molecular weight excluding hydrogens is 352 g/mol. The van der Waals surface area contributed by atoms with Crippen molar-refractivity contribution in [3.05, 3.63) is 54.6 Å². The van der Waals surface area contributed by atoms with E-state index in [1.54, 1.807) is 31.4 Å². The maximum atomic E-state index is 11.8. The molecule has 7 nitrogen and oxygen atoms in total. The zero-order valence-corrected chi connectivity index (χ0v) is 15.5. The van der Waals surface area contributed by atoms with E-state index in [0.717, 1.165) is 5.75 Å². The second-order valence-electron chi connectivity index (χ2n) is 5.44. The molecule has 1 atom stereocenters. The quantitative estimate of drug-likeness (QED) is 0.440. The van der Waals surface area contributed by atoms with E-state index in [4.69, 9.17) is 28.4 Å². The van der Waals surface area contributed by atoms with Crippen LogP contribution in [-0.4, -0.2) is 52.9 Å². The van der Waals surface area contributed by atoms with Crippen molar-refractivity contribution in [3.8, 4) is 17.2 Å². The molecule has 1 unspecified atom stereocenters. The summed E-state index contributed by atoms with van der Waals surface area (Å²) >= 11 is 0. The number of carbonyl (C=O) groups is 1. The first-order valence-electron chi connectivity index (χ1n) is 8.48. The van der Waals surface area contributed by atoms with Crippen LogP contribution in [0.5, 0.6) is 17.2 Å². The number of ether oxygens (including phenoxy) is 6. The highest BCUT2D eigenvalue weighted by atomic mass is 16.7. The molecule has 0 saturated carbocycles. The molecule has 0 amide bonds. The Hall–Kier alpha value is -2.93. The summed E-state index contributed by atoms with van der Waals surface area (Å²) in [7, 11) is 3.11. The van der Waals surface area contributed by atoms with Gasteiger partial charge in [-0.05, 0) is 36.4 Å². The molecule has 0 aliphatic rings. The summed E-state index contributed by atoms with van der Waals surface area (Å²) in [5.74, 6) is 2.02. The highest BCUT2D eigenvalue weighted by Gasteiger charge is 2.18. The lowest BCUT2D eigenvalue weighted by molar-refractivity contribution is -0.0167. The van der Waals surface area contributed by atoms with Gasteiger partial charge in [-0.25, -0.2) is 4.79 Å². The average molecular weight is 376 g/mol. The summed E-state index contributed by atoms with van der Waals surface area (Å²) < 4.78 is 31.5. The molecule has 27 heavy (non-hydrogen) atoms. The van der Waals surface area contributed by atoms with E-state index in [2.05, 4.69) is 0 Å². The number of hydrogen-bond acceptors (Lipinski definition) is 7. The first-order valence-corrected chi connectivity index (χ1v) is 8.48. The Bertz CT molecular complexity index is 658. The summed E-state index contributed by atoms with van der Waals surface area (Å²) in [5, 5.41) is 0.